The van der Waals surface area contributed by atoms with Crippen molar-refractivity contribution in [1.82, 2.24) is 9.80 Å². The lowest BCUT2D eigenvalue weighted by atomic mass is 10.1. The van der Waals surface area contributed by atoms with Crippen LogP contribution in [0.4, 0.5) is 0 Å². The monoisotopic (exact) mass is 306 g/mol. The molecule has 0 radical (unpaired) electrons. The SMILES string of the molecule is CCN(CC)Cc1ccc(OC(C)C)c(CN(CC)CC)c1. The Bertz CT molecular complexity index is 423. The number of rotatable bonds is 10. The minimum atomic E-state index is 0.212. The van der Waals surface area contributed by atoms with Gasteiger partial charge in [-0.1, -0.05) is 33.8 Å². The molecule has 22 heavy (non-hydrogen) atoms. The Morgan fingerprint density at radius 2 is 1.41 bits per heavy atom. The third kappa shape index (κ3) is 5.98. The molecule has 0 atom stereocenters. The van der Waals surface area contributed by atoms with Crippen LogP contribution < -0.4 is 4.74 Å². The van der Waals surface area contributed by atoms with E-state index in [1.807, 2.05) is 0 Å². The van der Waals surface area contributed by atoms with E-state index in [2.05, 4.69) is 69.5 Å². The lowest BCUT2D eigenvalue weighted by molar-refractivity contribution is 0.230. The van der Waals surface area contributed by atoms with E-state index in [9.17, 15) is 0 Å². The van der Waals surface area contributed by atoms with E-state index in [1.54, 1.807) is 0 Å². The minimum Gasteiger partial charge on any atom is -0.491 e. The Morgan fingerprint density at radius 3 is 1.91 bits per heavy atom. The number of ether oxygens (including phenoxy) is 1. The van der Waals surface area contributed by atoms with Crippen molar-refractivity contribution >= 4 is 0 Å². The highest BCUT2D eigenvalue weighted by Gasteiger charge is 2.11. The predicted molar refractivity (Wildman–Crippen MR) is 95.5 cm³/mol. The molecule has 0 aliphatic rings. The van der Waals surface area contributed by atoms with Gasteiger partial charge in [0.15, 0.2) is 0 Å². The highest BCUT2D eigenvalue weighted by molar-refractivity contribution is 5.37. The van der Waals surface area contributed by atoms with Crippen LogP contribution in [0.2, 0.25) is 0 Å². The first-order valence-electron chi connectivity index (χ1n) is 8.77. The Labute approximate surface area is 137 Å². The molecule has 0 N–H and O–H groups in total. The molecule has 0 saturated heterocycles. The lowest BCUT2D eigenvalue weighted by Crippen LogP contribution is -2.24. The summed E-state index contributed by atoms with van der Waals surface area (Å²) in [6, 6.07) is 6.69. The van der Waals surface area contributed by atoms with Crippen molar-refractivity contribution in [3.05, 3.63) is 29.3 Å². The van der Waals surface area contributed by atoms with Gasteiger partial charge in [-0.25, -0.2) is 0 Å². The highest BCUT2D eigenvalue weighted by atomic mass is 16.5. The summed E-state index contributed by atoms with van der Waals surface area (Å²) in [4.78, 5) is 4.88. The Hall–Kier alpha value is -1.06. The van der Waals surface area contributed by atoms with Crippen LogP contribution in [0.5, 0.6) is 5.75 Å². The number of hydrogen-bond donors (Lipinski definition) is 0. The van der Waals surface area contributed by atoms with Crippen LogP contribution in [0.3, 0.4) is 0 Å². The van der Waals surface area contributed by atoms with Crippen molar-refractivity contribution in [2.24, 2.45) is 0 Å². The van der Waals surface area contributed by atoms with E-state index in [0.29, 0.717) is 0 Å². The number of benzene rings is 1. The van der Waals surface area contributed by atoms with Gasteiger partial charge in [0.05, 0.1) is 6.10 Å². The summed E-state index contributed by atoms with van der Waals surface area (Å²) >= 11 is 0. The maximum Gasteiger partial charge on any atom is 0.124 e. The molecule has 3 heteroatoms. The van der Waals surface area contributed by atoms with Crippen LogP contribution in [-0.4, -0.2) is 42.1 Å². The molecule has 0 spiro atoms. The molecule has 0 unspecified atom stereocenters. The van der Waals surface area contributed by atoms with Crippen LogP contribution in [-0.2, 0) is 13.1 Å². The van der Waals surface area contributed by atoms with Gasteiger partial charge in [-0.15, -0.1) is 0 Å². The maximum atomic E-state index is 6.01. The van der Waals surface area contributed by atoms with Crippen LogP contribution in [0.25, 0.3) is 0 Å². The first kappa shape index (κ1) is 19.0. The average molecular weight is 306 g/mol. The molecule has 0 aromatic heterocycles. The summed E-state index contributed by atoms with van der Waals surface area (Å²) in [6.07, 6.45) is 0.212. The summed E-state index contributed by atoms with van der Waals surface area (Å²) in [7, 11) is 0. The summed E-state index contributed by atoms with van der Waals surface area (Å²) in [5.74, 6) is 1.03. The average Bonchev–Trinajstić information content (AvgIpc) is 2.51. The van der Waals surface area contributed by atoms with Crippen molar-refractivity contribution < 1.29 is 4.74 Å². The Kier molecular flexibility index (Phi) is 8.51. The highest BCUT2D eigenvalue weighted by Crippen LogP contribution is 2.24. The zero-order valence-electron chi connectivity index (χ0n) is 15.4. The van der Waals surface area contributed by atoms with Crippen molar-refractivity contribution in [2.75, 3.05) is 26.2 Å². The smallest absolute Gasteiger partial charge is 0.124 e. The molecule has 1 rings (SSSR count). The maximum absolute atomic E-state index is 6.01. The zero-order valence-corrected chi connectivity index (χ0v) is 15.4. The number of nitrogens with zero attached hydrogens (tertiary/aromatic N) is 2. The Balaban J connectivity index is 2.99. The van der Waals surface area contributed by atoms with Crippen molar-refractivity contribution in [3.8, 4) is 5.75 Å². The van der Waals surface area contributed by atoms with Gasteiger partial charge in [-0.2, -0.15) is 0 Å². The molecule has 0 aliphatic heterocycles. The molecular formula is C19H34N2O. The summed E-state index contributed by atoms with van der Waals surface area (Å²) in [6.45, 7) is 19.3. The standard InChI is InChI=1S/C19H34N2O/c1-7-20(8-2)14-17-11-12-19(22-16(5)6)18(13-17)15-21(9-3)10-4/h11-13,16H,7-10,14-15H2,1-6H3. The van der Waals surface area contributed by atoms with Crippen molar-refractivity contribution in [3.63, 3.8) is 0 Å². The minimum absolute atomic E-state index is 0.212. The topological polar surface area (TPSA) is 15.7 Å². The van der Waals surface area contributed by atoms with Gasteiger partial charge in [-0.05, 0) is 57.7 Å². The van der Waals surface area contributed by atoms with Crippen molar-refractivity contribution in [2.45, 2.75) is 60.7 Å². The lowest BCUT2D eigenvalue weighted by Gasteiger charge is -2.23. The van der Waals surface area contributed by atoms with Gasteiger partial charge >= 0.3 is 0 Å². The normalized spacial score (nSPS) is 11.7. The van der Waals surface area contributed by atoms with Crippen molar-refractivity contribution in [1.29, 1.82) is 0 Å². The molecule has 1 aromatic rings. The quantitative estimate of drug-likeness (QED) is 0.645. The van der Waals surface area contributed by atoms with E-state index in [1.165, 1.54) is 11.1 Å². The molecule has 0 bridgehead atoms. The molecule has 0 amide bonds. The van der Waals surface area contributed by atoms with E-state index in [0.717, 1.165) is 45.0 Å². The predicted octanol–water partition coefficient (Wildman–Crippen LogP) is 4.16. The molecule has 0 aliphatic carbocycles. The molecule has 0 fully saturated rings. The largest absolute Gasteiger partial charge is 0.491 e. The molecular weight excluding hydrogens is 272 g/mol. The van der Waals surface area contributed by atoms with Gasteiger partial charge < -0.3 is 4.74 Å². The Morgan fingerprint density at radius 1 is 0.864 bits per heavy atom. The third-order valence-corrected chi connectivity index (χ3v) is 4.08. The van der Waals surface area contributed by atoms with Gasteiger partial charge in [0.25, 0.3) is 0 Å². The van der Waals surface area contributed by atoms with Crippen LogP contribution in [0.1, 0.15) is 52.7 Å². The molecule has 0 saturated carbocycles. The van der Waals surface area contributed by atoms with Crippen LogP contribution in [0, 0.1) is 0 Å². The van der Waals surface area contributed by atoms with Gasteiger partial charge in [0.1, 0.15) is 5.75 Å². The van der Waals surface area contributed by atoms with Gasteiger partial charge in [0, 0.05) is 18.7 Å². The van der Waals surface area contributed by atoms with Gasteiger partial charge in [-0.3, -0.25) is 9.80 Å². The second-order valence-corrected chi connectivity index (χ2v) is 6.03. The van der Waals surface area contributed by atoms with E-state index in [-0.39, 0.29) is 6.10 Å². The second kappa shape index (κ2) is 9.86. The van der Waals surface area contributed by atoms with E-state index < -0.39 is 0 Å². The fourth-order valence-electron chi connectivity index (χ4n) is 2.62. The zero-order chi connectivity index (χ0) is 16.5. The molecule has 3 nitrogen and oxygen atoms in total. The first-order valence-corrected chi connectivity index (χ1v) is 8.77. The summed E-state index contributed by atoms with van der Waals surface area (Å²) in [5, 5.41) is 0. The molecule has 0 heterocycles. The molecule has 1 aromatic carbocycles. The third-order valence-electron chi connectivity index (χ3n) is 4.08. The summed E-state index contributed by atoms with van der Waals surface area (Å²) < 4.78 is 6.01. The van der Waals surface area contributed by atoms with Gasteiger partial charge in [0.2, 0.25) is 0 Å². The van der Waals surface area contributed by atoms with Crippen LogP contribution in [0.15, 0.2) is 18.2 Å². The van der Waals surface area contributed by atoms with Crippen LogP contribution >= 0.6 is 0 Å². The fourth-order valence-corrected chi connectivity index (χ4v) is 2.62. The molecule has 126 valence electrons. The van der Waals surface area contributed by atoms with E-state index in [4.69, 9.17) is 4.74 Å². The van der Waals surface area contributed by atoms with E-state index >= 15 is 0 Å². The number of hydrogen-bond acceptors (Lipinski definition) is 3. The fraction of sp³-hybridized carbons (Fsp3) is 0.684. The second-order valence-electron chi connectivity index (χ2n) is 6.03. The first-order chi connectivity index (χ1) is 10.5. The summed E-state index contributed by atoms with van der Waals surface area (Å²) in [5.41, 5.74) is 2.68.